The Morgan fingerprint density at radius 1 is 0.825 bits per heavy atom. The summed E-state index contributed by atoms with van der Waals surface area (Å²) in [5.41, 5.74) is 5.48. The average molecular weight is 543 g/mol. The summed E-state index contributed by atoms with van der Waals surface area (Å²) in [6.07, 6.45) is 5.84. The highest BCUT2D eigenvalue weighted by Crippen LogP contribution is 2.31. The Kier molecular flexibility index (Phi) is 10.6. The molecule has 3 aromatic carbocycles. The zero-order valence-corrected chi connectivity index (χ0v) is 24.1. The number of unbranched alkanes of at least 4 members (excludes halogenated alkanes) is 4. The molecule has 0 unspecified atom stereocenters. The first-order chi connectivity index (χ1) is 19.5. The van der Waals surface area contributed by atoms with Gasteiger partial charge in [-0.2, -0.15) is 0 Å². The third-order valence-electron chi connectivity index (χ3n) is 7.48. The fourth-order valence-corrected chi connectivity index (χ4v) is 4.95. The van der Waals surface area contributed by atoms with Crippen molar-refractivity contribution in [2.24, 2.45) is 0 Å². The van der Waals surface area contributed by atoms with E-state index >= 15 is 0 Å². The summed E-state index contributed by atoms with van der Waals surface area (Å²) in [6, 6.07) is 24.0. The summed E-state index contributed by atoms with van der Waals surface area (Å²) in [4.78, 5) is 31.5. The quantitative estimate of drug-likeness (QED) is 0.274. The van der Waals surface area contributed by atoms with E-state index in [4.69, 9.17) is 4.74 Å². The molecule has 40 heavy (non-hydrogen) atoms. The van der Waals surface area contributed by atoms with Crippen LogP contribution in [-0.2, 0) is 4.74 Å². The van der Waals surface area contributed by atoms with Crippen molar-refractivity contribution in [1.29, 1.82) is 0 Å². The summed E-state index contributed by atoms with van der Waals surface area (Å²) < 4.78 is 5.42. The molecule has 0 bridgehead atoms. The molecule has 1 heterocycles. The maximum absolute atomic E-state index is 13.3. The lowest BCUT2D eigenvalue weighted by Gasteiger charge is -2.29. The van der Waals surface area contributed by atoms with Gasteiger partial charge in [-0.05, 0) is 53.9 Å². The molecule has 1 N–H and O–H groups in total. The van der Waals surface area contributed by atoms with Crippen molar-refractivity contribution in [1.82, 2.24) is 10.2 Å². The summed E-state index contributed by atoms with van der Waals surface area (Å²) in [5.74, 6) is 0.0313. The molecule has 0 atom stereocenters. The van der Waals surface area contributed by atoms with Gasteiger partial charge in [0.25, 0.3) is 5.91 Å². The molecular weight excluding hydrogens is 500 g/mol. The van der Waals surface area contributed by atoms with Crippen LogP contribution >= 0.6 is 0 Å². The van der Waals surface area contributed by atoms with Crippen molar-refractivity contribution in [3.63, 3.8) is 0 Å². The van der Waals surface area contributed by atoms with Crippen LogP contribution in [0.4, 0.5) is 21.9 Å². The Labute approximate surface area is 238 Å². The number of ether oxygens (including phenoxy) is 1. The van der Waals surface area contributed by atoms with Gasteiger partial charge in [0, 0.05) is 45.1 Å². The number of urea groups is 1. The lowest BCUT2D eigenvalue weighted by atomic mass is 10.0. The van der Waals surface area contributed by atoms with Gasteiger partial charge in [-0.1, -0.05) is 69.0 Å². The summed E-state index contributed by atoms with van der Waals surface area (Å²) in [6.45, 7) is 5.27. The fourth-order valence-electron chi connectivity index (χ4n) is 4.95. The number of nitrogens with zero attached hydrogens (tertiary/aromatic N) is 3. The number of hydrogen-bond donors (Lipinski definition) is 1. The van der Waals surface area contributed by atoms with Gasteiger partial charge in [-0.15, -0.1) is 0 Å². The Morgan fingerprint density at radius 2 is 1.55 bits per heavy atom. The monoisotopic (exact) mass is 542 g/mol. The molecule has 1 fully saturated rings. The third kappa shape index (κ3) is 7.42. The van der Waals surface area contributed by atoms with Crippen LogP contribution in [0.3, 0.4) is 0 Å². The Bertz CT molecular complexity index is 1250. The molecule has 1 aliphatic heterocycles. The smallest absolute Gasteiger partial charge is 0.321 e. The van der Waals surface area contributed by atoms with Crippen molar-refractivity contribution < 1.29 is 14.3 Å². The first kappa shape index (κ1) is 29.2. The van der Waals surface area contributed by atoms with Crippen molar-refractivity contribution >= 4 is 29.0 Å². The molecule has 7 heteroatoms. The minimum Gasteiger partial charge on any atom is -0.378 e. The number of rotatable bonds is 11. The van der Waals surface area contributed by atoms with E-state index in [9.17, 15) is 9.59 Å². The molecule has 0 saturated carbocycles. The minimum absolute atomic E-state index is 0.0313. The highest BCUT2D eigenvalue weighted by molar-refractivity contribution is 6.00. The van der Waals surface area contributed by atoms with E-state index in [1.165, 1.54) is 19.3 Å². The first-order valence-electron chi connectivity index (χ1n) is 14.4. The third-order valence-corrected chi connectivity index (χ3v) is 7.48. The first-order valence-corrected chi connectivity index (χ1v) is 14.4. The van der Waals surface area contributed by atoms with Crippen molar-refractivity contribution in [3.8, 4) is 11.1 Å². The lowest BCUT2D eigenvalue weighted by Crippen LogP contribution is -2.41. The number of carbonyl (C=O) groups is 2. The van der Waals surface area contributed by atoms with Crippen LogP contribution in [0.25, 0.3) is 11.1 Å². The molecule has 3 amide bonds. The number of morpholine rings is 1. The van der Waals surface area contributed by atoms with Gasteiger partial charge in [0.05, 0.1) is 24.5 Å². The molecule has 212 valence electrons. The number of hydrogen-bond acceptors (Lipinski definition) is 4. The van der Waals surface area contributed by atoms with Crippen LogP contribution in [0, 0.1) is 0 Å². The second-order valence-corrected chi connectivity index (χ2v) is 10.3. The largest absolute Gasteiger partial charge is 0.378 e. The van der Waals surface area contributed by atoms with Crippen LogP contribution in [0.1, 0.15) is 49.4 Å². The van der Waals surface area contributed by atoms with Gasteiger partial charge in [0.2, 0.25) is 0 Å². The van der Waals surface area contributed by atoms with Gasteiger partial charge in [0.1, 0.15) is 0 Å². The number of para-hydroxylation sites is 1. The van der Waals surface area contributed by atoms with E-state index in [0.717, 1.165) is 41.0 Å². The predicted molar refractivity (Wildman–Crippen MR) is 164 cm³/mol. The van der Waals surface area contributed by atoms with Gasteiger partial charge >= 0.3 is 6.03 Å². The van der Waals surface area contributed by atoms with E-state index < -0.39 is 0 Å². The molecule has 3 aromatic rings. The number of anilines is 3. The maximum Gasteiger partial charge on any atom is 0.321 e. The molecular formula is C33H42N4O3. The van der Waals surface area contributed by atoms with Crippen LogP contribution in [0.15, 0.2) is 72.8 Å². The van der Waals surface area contributed by atoms with Crippen LogP contribution in [0.2, 0.25) is 0 Å². The van der Waals surface area contributed by atoms with Crippen molar-refractivity contribution in [3.05, 3.63) is 78.4 Å². The topological polar surface area (TPSA) is 65.1 Å². The van der Waals surface area contributed by atoms with Gasteiger partial charge in [0.15, 0.2) is 0 Å². The highest BCUT2D eigenvalue weighted by Gasteiger charge is 2.22. The molecule has 0 aromatic heterocycles. The van der Waals surface area contributed by atoms with Gasteiger partial charge < -0.3 is 19.9 Å². The maximum atomic E-state index is 13.3. The normalized spacial score (nSPS) is 13.1. The van der Waals surface area contributed by atoms with E-state index in [1.807, 2.05) is 59.3 Å². The highest BCUT2D eigenvalue weighted by atomic mass is 16.5. The molecule has 1 saturated heterocycles. The number of carbonyl (C=O) groups excluding carboxylic acids is 2. The number of benzene rings is 3. The van der Waals surface area contributed by atoms with Crippen LogP contribution < -0.4 is 15.1 Å². The second-order valence-electron chi connectivity index (χ2n) is 10.3. The van der Waals surface area contributed by atoms with Crippen molar-refractivity contribution in [2.45, 2.75) is 39.0 Å². The lowest BCUT2D eigenvalue weighted by molar-refractivity contribution is 0.0303. The molecule has 4 rings (SSSR count). The predicted octanol–water partition coefficient (Wildman–Crippen LogP) is 6.71. The number of nitrogens with one attached hydrogen (secondary N) is 1. The van der Waals surface area contributed by atoms with Crippen LogP contribution in [0.5, 0.6) is 0 Å². The Hall–Kier alpha value is -3.84. The van der Waals surface area contributed by atoms with Crippen molar-refractivity contribution in [2.75, 3.05) is 56.7 Å². The molecule has 7 nitrogen and oxygen atoms in total. The molecule has 1 aliphatic rings. The van der Waals surface area contributed by atoms with Gasteiger partial charge in [-0.3, -0.25) is 9.69 Å². The summed E-state index contributed by atoms with van der Waals surface area (Å²) in [7, 11) is 3.79. The fraction of sp³-hybridized carbons (Fsp3) is 0.394. The Morgan fingerprint density at radius 3 is 2.30 bits per heavy atom. The zero-order chi connectivity index (χ0) is 28.3. The van der Waals surface area contributed by atoms with E-state index in [2.05, 4.69) is 42.6 Å². The molecule has 0 aliphatic carbocycles. The summed E-state index contributed by atoms with van der Waals surface area (Å²) >= 11 is 0. The number of amides is 3. The Balaban J connectivity index is 1.42. The van der Waals surface area contributed by atoms with Gasteiger partial charge in [-0.25, -0.2) is 4.79 Å². The van der Waals surface area contributed by atoms with E-state index in [0.29, 0.717) is 38.4 Å². The standard InChI is InChI=1S/C33H42N4O3/c1-4-5-6-7-10-20-34-33(39)36(3)29-13-11-12-27(25-29)26-16-18-28(19-17-26)35(2)31-15-9-8-14-30(31)32(38)37-21-23-40-24-22-37/h8-9,11-19,25H,4-7,10,20-24H2,1-3H3,(H,34,39). The molecule has 0 spiro atoms. The summed E-state index contributed by atoms with van der Waals surface area (Å²) in [5, 5.41) is 3.03. The minimum atomic E-state index is -0.0881. The van der Waals surface area contributed by atoms with Crippen LogP contribution in [-0.4, -0.2) is 63.8 Å². The zero-order valence-electron chi connectivity index (χ0n) is 24.1. The molecule has 0 radical (unpaired) electrons. The van der Waals surface area contributed by atoms with E-state index in [1.54, 1.807) is 11.9 Å². The van der Waals surface area contributed by atoms with E-state index in [-0.39, 0.29) is 11.9 Å². The second kappa shape index (κ2) is 14.5. The average Bonchev–Trinajstić information content (AvgIpc) is 3.02. The SMILES string of the molecule is CCCCCCCNC(=O)N(C)c1cccc(-c2ccc(N(C)c3ccccc3C(=O)N3CCOCC3)cc2)c1.